The van der Waals surface area contributed by atoms with Gasteiger partial charge in [0.25, 0.3) is 5.91 Å². The Hall–Kier alpha value is -1.44. The van der Waals surface area contributed by atoms with Gasteiger partial charge in [-0.15, -0.1) is 0 Å². The summed E-state index contributed by atoms with van der Waals surface area (Å²) in [5, 5.41) is 3.01. The van der Waals surface area contributed by atoms with Crippen molar-refractivity contribution in [1.82, 2.24) is 9.62 Å². The molecule has 1 aromatic carbocycles. The number of benzene rings is 1. The Bertz CT molecular complexity index is 658. The number of ether oxygens (including phenoxy) is 1. The minimum Gasteiger partial charge on any atom is -0.380 e. The number of carbonyl (C=O) groups is 1. The van der Waals surface area contributed by atoms with Gasteiger partial charge in [0.2, 0.25) is 10.0 Å². The van der Waals surface area contributed by atoms with Crippen molar-refractivity contribution in [3.8, 4) is 0 Å². The summed E-state index contributed by atoms with van der Waals surface area (Å²) >= 11 is 0. The molecule has 24 heavy (non-hydrogen) atoms. The highest BCUT2D eigenvalue weighted by Gasteiger charge is 2.37. The summed E-state index contributed by atoms with van der Waals surface area (Å²) in [7, 11) is -1.60. The summed E-state index contributed by atoms with van der Waals surface area (Å²) in [6.45, 7) is 3.39. The zero-order valence-electron chi connectivity index (χ0n) is 14.5. The van der Waals surface area contributed by atoms with Gasteiger partial charge in [0.15, 0.2) is 0 Å². The van der Waals surface area contributed by atoms with Crippen molar-refractivity contribution in [2.45, 2.75) is 32.4 Å². The average Bonchev–Trinajstić information content (AvgIpc) is 2.92. The molecule has 6 nitrogen and oxygen atoms in total. The van der Waals surface area contributed by atoms with E-state index >= 15 is 0 Å². The van der Waals surface area contributed by atoms with Gasteiger partial charge >= 0.3 is 0 Å². The second kappa shape index (κ2) is 8.09. The van der Waals surface area contributed by atoms with Crippen LogP contribution in [-0.4, -0.2) is 51.1 Å². The van der Waals surface area contributed by atoms with E-state index < -0.39 is 10.0 Å². The predicted molar refractivity (Wildman–Crippen MR) is 93.2 cm³/mol. The first-order valence-corrected chi connectivity index (χ1v) is 10.0. The van der Waals surface area contributed by atoms with Crippen molar-refractivity contribution in [2.24, 2.45) is 5.92 Å². The molecule has 1 heterocycles. The Morgan fingerprint density at radius 2 is 1.96 bits per heavy atom. The van der Waals surface area contributed by atoms with Crippen molar-refractivity contribution >= 4 is 15.9 Å². The number of nitrogens with one attached hydrogen (secondary N) is 1. The number of amides is 1. The molecule has 0 saturated carbocycles. The third kappa shape index (κ3) is 4.78. The van der Waals surface area contributed by atoms with Crippen LogP contribution in [0.15, 0.2) is 24.3 Å². The molecular weight excluding hydrogens is 328 g/mol. The van der Waals surface area contributed by atoms with E-state index in [9.17, 15) is 13.2 Å². The van der Waals surface area contributed by atoms with Crippen LogP contribution in [-0.2, 0) is 21.4 Å². The Balaban J connectivity index is 2.05. The van der Waals surface area contributed by atoms with Gasteiger partial charge in [-0.2, -0.15) is 4.31 Å². The Morgan fingerprint density at radius 3 is 2.50 bits per heavy atom. The molecule has 1 fully saturated rings. The van der Waals surface area contributed by atoms with Gasteiger partial charge in [0.1, 0.15) is 0 Å². The van der Waals surface area contributed by atoms with Crippen LogP contribution in [0.4, 0.5) is 0 Å². The van der Waals surface area contributed by atoms with Gasteiger partial charge < -0.3 is 10.1 Å². The first kappa shape index (κ1) is 18.9. The van der Waals surface area contributed by atoms with E-state index in [4.69, 9.17) is 4.74 Å². The van der Waals surface area contributed by atoms with Crippen molar-refractivity contribution in [1.29, 1.82) is 0 Å². The third-order valence-corrected chi connectivity index (χ3v) is 5.62. The highest BCUT2D eigenvalue weighted by molar-refractivity contribution is 7.88. The molecule has 1 N–H and O–H groups in total. The molecule has 7 heteroatoms. The summed E-state index contributed by atoms with van der Waals surface area (Å²) < 4.78 is 30.1. The molecule has 1 aliphatic heterocycles. The van der Waals surface area contributed by atoms with Gasteiger partial charge in [-0.25, -0.2) is 8.42 Å². The van der Waals surface area contributed by atoms with Crippen molar-refractivity contribution in [2.75, 3.05) is 26.5 Å². The Kier molecular flexibility index (Phi) is 6.37. The highest BCUT2D eigenvalue weighted by atomic mass is 32.2. The number of carbonyl (C=O) groups excluding carboxylic acids is 1. The number of nitrogens with zero attached hydrogens (tertiary/aromatic N) is 1. The molecule has 2 atom stereocenters. The molecule has 0 spiro atoms. The van der Waals surface area contributed by atoms with E-state index in [0.717, 1.165) is 18.4 Å². The number of hydrogen-bond donors (Lipinski definition) is 1. The van der Waals surface area contributed by atoms with E-state index in [1.54, 1.807) is 19.2 Å². The predicted octanol–water partition coefficient (Wildman–Crippen LogP) is 1.62. The van der Waals surface area contributed by atoms with E-state index in [-0.39, 0.29) is 17.9 Å². The fraction of sp³-hybridized carbons (Fsp3) is 0.588. The summed E-state index contributed by atoms with van der Waals surface area (Å²) in [6.07, 6.45) is 3.07. The molecule has 0 bridgehead atoms. The minimum atomic E-state index is -3.23. The maximum absolute atomic E-state index is 12.5. The van der Waals surface area contributed by atoms with Gasteiger partial charge in [-0.3, -0.25) is 4.79 Å². The molecule has 1 amide bonds. The number of methoxy groups -OCH3 is 1. The zero-order chi connectivity index (χ0) is 17.7. The van der Waals surface area contributed by atoms with Crippen LogP contribution in [0.25, 0.3) is 0 Å². The number of sulfonamides is 1. The quantitative estimate of drug-likeness (QED) is 0.807. The minimum absolute atomic E-state index is 0.147. The van der Waals surface area contributed by atoms with Crippen LogP contribution in [0.5, 0.6) is 0 Å². The maximum Gasteiger partial charge on any atom is 0.251 e. The standard InChI is InChI=1S/C17H26N2O4S/c1-4-5-15-10-19(24(3,21)22)11-16(15)18-17(20)14-8-6-13(7-9-14)12-23-2/h6-9,15-16H,4-5,10-12H2,1-3H3,(H,18,20)/t15-,16-/m0/s1. The Labute approximate surface area is 144 Å². The molecule has 0 aliphatic carbocycles. The number of rotatable bonds is 7. The lowest BCUT2D eigenvalue weighted by molar-refractivity contribution is 0.0929. The second-order valence-corrected chi connectivity index (χ2v) is 8.32. The van der Waals surface area contributed by atoms with Crippen LogP contribution in [0, 0.1) is 5.92 Å². The summed E-state index contributed by atoms with van der Waals surface area (Å²) in [4.78, 5) is 12.5. The molecule has 0 unspecified atom stereocenters. The molecule has 1 saturated heterocycles. The van der Waals surface area contributed by atoms with Gasteiger partial charge in [0.05, 0.1) is 12.9 Å². The first-order valence-electron chi connectivity index (χ1n) is 8.19. The zero-order valence-corrected chi connectivity index (χ0v) is 15.3. The summed E-state index contributed by atoms with van der Waals surface area (Å²) in [5.41, 5.74) is 1.57. The van der Waals surface area contributed by atoms with E-state index in [0.29, 0.717) is 25.3 Å². The largest absolute Gasteiger partial charge is 0.380 e. The third-order valence-electron chi connectivity index (χ3n) is 4.38. The van der Waals surface area contributed by atoms with Crippen LogP contribution >= 0.6 is 0 Å². The molecular formula is C17H26N2O4S. The Morgan fingerprint density at radius 1 is 1.29 bits per heavy atom. The van der Waals surface area contributed by atoms with Crippen LogP contribution < -0.4 is 5.32 Å². The second-order valence-electron chi connectivity index (χ2n) is 6.34. The van der Waals surface area contributed by atoms with Gasteiger partial charge in [0, 0.05) is 31.8 Å². The molecule has 1 aromatic rings. The normalized spacial score (nSPS) is 21.8. The highest BCUT2D eigenvalue weighted by Crippen LogP contribution is 2.24. The topological polar surface area (TPSA) is 75.7 Å². The van der Waals surface area contributed by atoms with Crippen LogP contribution in [0.3, 0.4) is 0 Å². The molecule has 0 radical (unpaired) electrons. The molecule has 2 rings (SSSR count). The average molecular weight is 354 g/mol. The van der Waals surface area contributed by atoms with E-state index in [1.807, 2.05) is 12.1 Å². The van der Waals surface area contributed by atoms with Gasteiger partial charge in [-0.1, -0.05) is 25.5 Å². The lowest BCUT2D eigenvalue weighted by Gasteiger charge is -2.19. The van der Waals surface area contributed by atoms with Crippen molar-refractivity contribution < 1.29 is 17.9 Å². The van der Waals surface area contributed by atoms with E-state index in [1.165, 1.54) is 10.6 Å². The van der Waals surface area contributed by atoms with Gasteiger partial charge in [-0.05, 0) is 30.0 Å². The molecule has 0 aromatic heterocycles. The van der Waals surface area contributed by atoms with Crippen molar-refractivity contribution in [3.05, 3.63) is 35.4 Å². The fourth-order valence-electron chi connectivity index (χ4n) is 3.10. The lowest BCUT2D eigenvalue weighted by atomic mass is 9.98. The first-order chi connectivity index (χ1) is 11.3. The smallest absolute Gasteiger partial charge is 0.251 e. The van der Waals surface area contributed by atoms with Crippen LogP contribution in [0.2, 0.25) is 0 Å². The van der Waals surface area contributed by atoms with Crippen molar-refractivity contribution in [3.63, 3.8) is 0 Å². The molecule has 134 valence electrons. The van der Waals surface area contributed by atoms with E-state index in [2.05, 4.69) is 12.2 Å². The van der Waals surface area contributed by atoms with Crippen LogP contribution in [0.1, 0.15) is 35.7 Å². The lowest BCUT2D eigenvalue weighted by Crippen LogP contribution is -2.41. The maximum atomic E-state index is 12.5. The SMILES string of the molecule is CCC[C@H]1CN(S(C)(=O)=O)C[C@@H]1NC(=O)c1ccc(COC)cc1. The molecule has 1 aliphatic rings. The fourth-order valence-corrected chi connectivity index (χ4v) is 3.99. The summed E-state index contributed by atoms with van der Waals surface area (Å²) in [5.74, 6) is -0.0122. The monoisotopic (exact) mass is 354 g/mol. The summed E-state index contributed by atoms with van der Waals surface area (Å²) in [6, 6.07) is 7.10. The number of hydrogen-bond acceptors (Lipinski definition) is 4.